The summed E-state index contributed by atoms with van der Waals surface area (Å²) in [6, 6.07) is 23.1. The van der Waals surface area contributed by atoms with Gasteiger partial charge in [0.2, 0.25) is 5.91 Å². The second-order valence-electron chi connectivity index (χ2n) is 7.46. The first-order valence-electron chi connectivity index (χ1n) is 10.4. The molecule has 0 aliphatic carbocycles. The Morgan fingerprint density at radius 3 is 2.31 bits per heavy atom. The van der Waals surface area contributed by atoms with Crippen LogP contribution in [-0.4, -0.2) is 25.4 Å². The van der Waals surface area contributed by atoms with Crippen LogP contribution in [0.5, 0.6) is 0 Å². The average Bonchev–Trinajstić information content (AvgIpc) is 3.41. The molecule has 1 heterocycles. The molecule has 0 aliphatic rings. The maximum Gasteiger partial charge on any atom is 0.335 e. The molecular formula is C25H19ClN2O5S3. The van der Waals surface area contributed by atoms with Crippen molar-refractivity contribution in [2.24, 2.45) is 0 Å². The molecule has 4 rings (SSSR count). The lowest BCUT2D eigenvalue weighted by atomic mass is 10.1. The van der Waals surface area contributed by atoms with Gasteiger partial charge in [-0.05, 0) is 59.5 Å². The van der Waals surface area contributed by atoms with E-state index in [0.717, 1.165) is 21.8 Å². The molecule has 0 radical (unpaired) electrons. The molecule has 0 spiro atoms. The number of rotatable bonds is 9. The van der Waals surface area contributed by atoms with Crippen molar-refractivity contribution >= 4 is 68.0 Å². The SMILES string of the molecule is O=C(O)c1ccc(Cl)c(NC(=O)C(Sc2ccc(NS(=O)(=O)c3cccs3)cc2)c2ccccc2)c1. The van der Waals surface area contributed by atoms with Crippen LogP contribution in [0, 0.1) is 0 Å². The molecule has 0 fully saturated rings. The van der Waals surface area contributed by atoms with Crippen molar-refractivity contribution in [3.63, 3.8) is 0 Å². The molecule has 11 heteroatoms. The van der Waals surface area contributed by atoms with Gasteiger partial charge >= 0.3 is 5.97 Å². The lowest BCUT2D eigenvalue weighted by Crippen LogP contribution is -2.19. The molecule has 0 bridgehead atoms. The maximum atomic E-state index is 13.3. The number of carbonyl (C=O) groups excluding carboxylic acids is 1. The number of carbonyl (C=O) groups is 2. The maximum absolute atomic E-state index is 13.3. The zero-order valence-electron chi connectivity index (χ0n) is 18.4. The van der Waals surface area contributed by atoms with E-state index in [1.165, 1.54) is 36.0 Å². The fraction of sp³-hybridized carbons (Fsp3) is 0.0400. The molecule has 7 nitrogen and oxygen atoms in total. The van der Waals surface area contributed by atoms with Gasteiger partial charge in [0, 0.05) is 10.6 Å². The Morgan fingerprint density at radius 2 is 1.67 bits per heavy atom. The Bertz CT molecular complexity index is 1480. The Kier molecular flexibility index (Phi) is 8.00. The third-order valence-corrected chi connectivity index (χ3v) is 9.31. The van der Waals surface area contributed by atoms with Crippen LogP contribution in [0.25, 0.3) is 0 Å². The van der Waals surface area contributed by atoms with Crippen molar-refractivity contribution in [2.45, 2.75) is 14.4 Å². The molecular weight excluding hydrogens is 540 g/mol. The zero-order chi connectivity index (χ0) is 25.7. The molecule has 3 aromatic carbocycles. The zero-order valence-corrected chi connectivity index (χ0v) is 21.6. The smallest absolute Gasteiger partial charge is 0.335 e. The summed E-state index contributed by atoms with van der Waals surface area (Å²) in [5, 5.41) is 13.2. The van der Waals surface area contributed by atoms with E-state index in [-0.39, 0.29) is 20.5 Å². The summed E-state index contributed by atoms with van der Waals surface area (Å²) in [5.74, 6) is -1.52. The van der Waals surface area contributed by atoms with Gasteiger partial charge < -0.3 is 10.4 Å². The van der Waals surface area contributed by atoms with E-state index in [1.807, 2.05) is 30.3 Å². The number of benzene rings is 3. The second kappa shape index (κ2) is 11.2. The van der Waals surface area contributed by atoms with Crippen LogP contribution in [0.15, 0.2) is 99.4 Å². The summed E-state index contributed by atoms with van der Waals surface area (Å²) in [4.78, 5) is 25.4. The third-order valence-electron chi connectivity index (χ3n) is 4.93. The van der Waals surface area contributed by atoms with Crippen molar-refractivity contribution in [3.8, 4) is 0 Å². The molecule has 0 aliphatic heterocycles. The molecule has 36 heavy (non-hydrogen) atoms. The van der Waals surface area contributed by atoms with Gasteiger partial charge in [-0.2, -0.15) is 0 Å². The van der Waals surface area contributed by atoms with Crippen LogP contribution < -0.4 is 10.0 Å². The van der Waals surface area contributed by atoms with Crippen molar-refractivity contribution < 1.29 is 23.1 Å². The molecule has 1 amide bonds. The third kappa shape index (κ3) is 6.27. The first-order chi connectivity index (χ1) is 17.2. The number of hydrogen-bond donors (Lipinski definition) is 3. The van der Waals surface area contributed by atoms with Crippen molar-refractivity contribution in [1.82, 2.24) is 0 Å². The molecule has 1 aromatic heterocycles. The van der Waals surface area contributed by atoms with Crippen molar-refractivity contribution in [2.75, 3.05) is 10.0 Å². The minimum atomic E-state index is -3.67. The molecule has 0 saturated heterocycles. The van der Waals surface area contributed by atoms with Gasteiger partial charge in [-0.15, -0.1) is 23.1 Å². The van der Waals surface area contributed by atoms with Gasteiger partial charge in [0.1, 0.15) is 9.46 Å². The highest BCUT2D eigenvalue weighted by Gasteiger charge is 2.23. The van der Waals surface area contributed by atoms with Crippen LogP contribution in [0.3, 0.4) is 0 Å². The van der Waals surface area contributed by atoms with Crippen molar-refractivity contribution in [3.05, 3.63) is 106 Å². The molecule has 184 valence electrons. The highest BCUT2D eigenvalue weighted by atomic mass is 35.5. The van der Waals surface area contributed by atoms with Gasteiger partial charge in [-0.3, -0.25) is 9.52 Å². The number of carboxylic acids is 1. The number of aromatic carboxylic acids is 1. The van der Waals surface area contributed by atoms with Gasteiger partial charge in [0.25, 0.3) is 10.0 Å². The van der Waals surface area contributed by atoms with E-state index in [9.17, 15) is 23.1 Å². The number of hydrogen-bond acceptors (Lipinski definition) is 6. The summed E-state index contributed by atoms with van der Waals surface area (Å²) in [6.45, 7) is 0. The molecule has 1 atom stereocenters. The number of thioether (sulfide) groups is 1. The summed E-state index contributed by atoms with van der Waals surface area (Å²) in [5.41, 5.74) is 1.32. The number of halogens is 1. The van der Waals surface area contributed by atoms with Gasteiger partial charge in [-0.25, -0.2) is 13.2 Å². The number of anilines is 2. The topological polar surface area (TPSA) is 113 Å². The number of carboxylic acid groups (broad SMARTS) is 1. The Balaban J connectivity index is 1.55. The summed E-state index contributed by atoms with van der Waals surface area (Å²) >= 11 is 8.58. The Hall–Kier alpha value is -3.31. The van der Waals surface area contributed by atoms with Gasteiger partial charge in [0.15, 0.2) is 0 Å². The quantitative estimate of drug-likeness (QED) is 0.206. The fourth-order valence-corrected chi connectivity index (χ4v) is 6.45. The largest absolute Gasteiger partial charge is 0.478 e. The van der Waals surface area contributed by atoms with E-state index >= 15 is 0 Å². The first-order valence-corrected chi connectivity index (χ1v) is 14.1. The number of thiophene rings is 1. The Labute approximate surface area is 221 Å². The van der Waals surface area contributed by atoms with E-state index in [0.29, 0.717) is 5.69 Å². The standard InChI is InChI=1S/C25H19ClN2O5S3/c26-20-13-8-17(25(30)31)15-21(20)27-24(29)23(16-5-2-1-3-6-16)35-19-11-9-18(10-12-19)28-36(32,33)22-7-4-14-34-22/h1-15,23,28H,(H,27,29)(H,30,31). The molecule has 0 saturated carbocycles. The lowest BCUT2D eigenvalue weighted by Gasteiger charge is -2.18. The average molecular weight is 559 g/mol. The molecule has 4 aromatic rings. The van der Waals surface area contributed by atoms with E-state index < -0.39 is 27.1 Å². The number of nitrogens with one attached hydrogen (secondary N) is 2. The number of amides is 1. The van der Waals surface area contributed by atoms with Crippen LogP contribution >= 0.6 is 34.7 Å². The summed E-state index contributed by atoms with van der Waals surface area (Å²) in [7, 11) is -3.67. The van der Waals surface area contributed by atoms with Crippen LogP contribution in [0.4, 0.5) is 11.4 Å². The lowest BCUT2D eigenvalue weighted by molar-refractivity contribution is -0.115. The highest BCUT2D eigenvalue weighted by molar-refractivity contribution is 8.00. The summed E-state index contributed by atoms with van der Waals surface area (Å²) < 4.78 is 27.7. The monoisotopic (exact) mass is 558 g/mol. The van der Waals surface area contributed by atoms with E-state index in [1.54, 1.807) is 35.7 Å². The number of sulfonamides is 1. The van der Waals surface area contributed by atoms with E-state index in [2.05, 4.69) is 10.0 Å². The normalized spacial score (nSPS) is 12.0. The minimum Gasteiger partial charge on any atom is -0.478 e. The highest BCUT2D eigenvalue weighted by Crippen LogP contribution is 2.37. The fourth-order valence-electron chi connectivity index (χ4n) is 3.21. The predicted molar refractivity (Wildman–Crippen MR) is 144 cm³/mol. The first kappa shape index (κ1) is 25.8. The van der Waals surface area contributed by atoms with Crippen LogP contribution in [0.1, 0.15) is 21.2 Å². The van der Waals surface area contributed by atoms with Gasteiger partial charge in [-0.1, -0.05) is 48.0 Å². The predicted octanol–water partition coefficient (Wildman–Crippen LogP) is 6.37. The minimum absolute atomic E-state index is 0.000737. The van der Waals surface area contributed by atoms with Crippen molar-refractivity contribution in [1.29, 1.82) is 0 Å². The Morgan fingerprint density at radius 1 is 0.944 bits per heavy atom. The molecule has 3 N–H and O–H groups in total. The van der Waals surface area contributed by atoms with Gasteiger partial charge in [0.05, 0.1) is 16.3 Å². The summed E-state index contributed by atoms with van der Waals surface area (Å²) in [6.07, 6.45) is 0. The van der Waals surface area contributed by atoms with E-state index in [4.69, 9.17) is 11.6 Å². The van der Waals surface area contributed by atoms with Crippen LogP contribution in [0.2, 0.25) is 5.02 Å². The molecule has 1 unspecified atom stereocenters. The van der Waals surface area contributed by atoms with Crippen LogP contribution in [-0.2, 0) is 14.8 Å². The second-order valence-corrected chi connectivity index (χ2v) is 11.9.